The zero-order valence-corrected chi connectivity index (χ0v) is 18.4. The highest BCUT2D eigenvalue weighted by Crippen LogP contribution is 2.17. The van der Waals surface area contributed by atoms with Crippen LogP contribution in [0.1, 0.15) is 104 Å². The first-order chi connectivity index (χ1) is 12.2. The Labute approximate surface area is 166 Å². The summed E-state index contributed by atoms with van der Waals surface area (Å²) < 4.78 is 32.5. The molecule has 0 spiro atoms. The minimum Gasteiger partial charge on any atom is -0.745 e. The molecular weight excluding hydrogens is 366 g/mol. The molecule has 0 aliphatic heterocycles. The van der Waals surface area contributed by atoms with Gasteiger partial charge in [-0.25, -0.2) is 8.42 Å². The van der Waals surface area contributed by atoms with Gasteiger partial charge < -0.3 is 15.8 Å². The molecule has 0 radical (unpaired) electrons. The summed E-state index contributed by atoms with van der Waals surface area (Å²) in [5, 5.41) is 9.48. The Morgan fingerprint density at radius 2 is 1.30 bits per heavy atom. The molecule has 0 fully saturated rings. The molecule has 0 rings (SSSR count). The third kappa shape index (κ3) is 14.0. The second-order valence-corrected chi connectivity index (χ2v) is 8.90. The second kappa shape index (κ2) is 16.2. The van der Waals surface area contributed by atoms with Crippen molar-refractivity contribution in [1.82, 2.24) is 6.15 Å². The van der Waals surface area contributed by atoms with E-state index in [0.717, 1.165) is 45.4 Å². The van der Waals surface area contributed by atoms with E-state index in [0.29, 0.717) is 6.42 Å². The predicted molar refractivity (Wildman–Crippen MR) is 111 cm³/mol. The van der Waals surface area contributed by atoms with Crippen LogP contribution in [-0.4, -0.2) is 28.8 Å². The van der Waals surface area contributed by atoms with E-state index in [2.05, 4.69) is 19.1 Å². The minimum atomic E-state index is -5.02. The number of ketones is 1. The molecule has 0 aromatic rings. The number of Topliss-reactive ketones (excluding diaryl/α,β-unsaturated/α-hetero) is 1. The topological polar surface area (TPSA) is 131 Å². The molecular formula is C20H41NO5S. The lowest BCUT2D eigenvalue weighted by atomic mass is 10.1. The SMILES string of the molecule is CCCCCCCC/C=C\CCCCCCCC(=O)C(C)(O)S(=O)(=O)[O-].[NH4+]. The molecule has 7 heteroatoms. The van der Waals surface area contributed by atoms with Crippen molar-refractivity contribution in [3.05, 3.63) is 12.2 Å². The van der Waals surface area contributed by atoms with Gasteiger partial charge in [0, 0.05) is 6.42 Å². The summed E-state index contributed by atoms with van der Waals surface area (Å²) in [6, 6.07) is 0. The molecule has 1 unspecified atom stereocenters. The van der Waals surface area contributed by atoms with Gasteiger partial charge in [-0.3, -0.25) is 4.79 Å². The van der Waals surface area contributed by atoms with Crippen LogP contribution >= 0.6 is 0 Å². The van der Waals surface area contributed by atoms with E-state index >= 15 is 0 Å². The van der Waals surface area contributed by atoms with Gasteiger partial charge in [0.15, 0.2) is 5.78 Å². The van der Waals surface area contributed by atoms with Gasteiger partial charge >= 0.3 is 0 Å². The number of allylic oxidation sites excluding steroid dienone is 2. The number of quaternary nitrogens is 1. The monoisotopic (exact) mass is 407 g/mol. The standard InChI is InChI=1S/C20H38O5S.H3N/c1-3-4-5-6-7-8-9-10-11-12-13-14-15-16-17-18-19(21)20(2,22)26(23,24)25;/h10-11,22H,3-9,12-18H2,1-2H3,(H,23,24,25);1H3/b11-10-;. The fourth-order valence-electron chi connectivity index (χ4n) is 2.73. The first kappa shape index (κ1) is 28.4. The molecule has 0 aromatic carbocycles. The van der Waals surface area contributed by atoms with Crippen LogP contribution in [0.2, 0.25) is 0 Å². The lowest BCUT2D eigenvalue weighted by Gasteiger charge is -2.24. The molecule has 0 heterocycles. The molecule has 0 aromatic heterocycles. The van der Waals surface area contributed by atoms with E-state index in [4.69, 9.17) is 0 Å². The minimum absolute atomic E-state index is 0. The lowest BCUT2D eigenvalue weighted by Crippen LogP contribution is -2.43. The van der Waals surface area contributed by atoms with E-state index in [1.807, 2.05) is 0 Å². The Bertz CT molecular complexity index is 501. The molecule has 0 saturated carbocycles. The van der Waals surface area contributed by atoms with Gasteiger partial charge in [-0.15, -0.1) is 0 Å². The van der Waals surface area contributed by atoms with Crippen molar-refractivity contribution in [2.45, 2.75) is 109 Å². The normalized spacial score (nSPS) is 14.1. The van der Waals surface area contributed by atoms with E-state index in [9.17, 15) is 22.9 Å². The number of carbonyl (C=O) groups is 1. The molecule has 162 valence electrons. The van der Waals surface area contributed by atoms with Gasteiger partial charge in [0.25, 0.3) is 0 Å². The van der Waals surface area contributed by atoms with Crippen LogP contribution < -0.4 is 6.15 Å². The maximum Gasteiger partial charge on any atom is 0.210 e. The summed E-state index contributed by atoms with van der Waals surface area (Å²) in [5.41, 5.74) is 0. The van der Waals surface area contributed by atoms with Crippen LogP contribution in [0, 0.1) is 0 Å². The Kier molecular flexibility index (Phi) is 17.1. The molecule has 0 aliphatic carbocycles. The van der Waals surface area contributed by atoms with Gasteiger partial charge in [-0.2, -0.15) is 0 Å². The lowest BCUT2D eigenvalue weighted by molar-refractivity contribution is -0.129. The van der Waals surface area contributed by atoms with Crippen LogP contribution in [-0.2, 0) is 14.9 Å². The van der Waals surface area contributed by atoms with Crippen molar-refractivity contribution < 1.29 is 22.9 Å². The smallest absolute Gasteiger partial charge is 0.210 e. The van der Waals surface area contributed by atoms with Crippen LogP contribution in [0.5, 0.6) is 0 Å². The summed E-state index contributed by atoms with van der Waals surface area (Å²) in [5.74, 6) is -0.912. The van der Waals surface area contributed by atoms with E-state index in [1.54, 1.807) is 0 Å². The predicted octanol–water partition coefficient (Wildman–Crippen LogP) is 5.22. The number of unbranched alkanes of at least 4 members (excludes halogenated alkanes) is 11. The maximum atomic E-state index is 11.6. The largest absolute Gasteiger partial charge is 0.745 e. The summed E-state index contributed by atoms with van der Waals surface area (Å²) in [4.78, 5) is 8.81. The molecule has 0 saturated heterocycles. The zero-order valence-electron chi connectivity index (χ0n) is 17.5. The Hall–Kier alpha value is -0.760. The second-order valence-electron chi connectivity index (χ2n) is 7.19. The zero-order chi connectivity index (χ0) is 19.9. The highest BCUT2D eigenvalue weighted by atomic mass is 32.2. The van der Waals surface area contributed by atoms with Gasteiger partial charge in [0.05, 0.1) is 0 Å². The van der Waals surface area contributed by atoms with Crippen molar-refractivity contribution >= 4 is 15.9 Å². The summed E-state index contributed by atoms with van der Waals surface area (Å²) in [6.07, 6.45) is 19.0. The molecule has 0 bridgehead atoms. The highest BCUT2D eigenvalue weighted by molar-refractivity contribution is 7.87. The summed E-state index contributed by atoms with van der Waals surface area (Å²) in [7, 11) is -5.02. The average Bonchev–Trinajstić information content (AvgIpc) is 2.57. The Morgan fingerprint density at radius 1 is 0.889 bits per heavy atom. The highest BCUT2D eigenvalue weighted by Gasteiger charge is 2.36. The van der Waals surface area contributed by atoms with Gasteiger partial charge in [0.2, 0.25) is 4.93 Å². The van der Waals surface area contributed by atoms with Crippen molar-refractivity contribution in [2.24, 2.45) is 0 Å². The van der Waals surface area contributed by atoms with Crippen molar-refractivity contribution in [3.63, 3.8) is 0 Å². The number of carbonyl (C=O) groups excluding carboxylic acids is 1. The van der Waals surface area contributed by atoms with Crippen LogP contribution in [0.3, 0.4) is 0 Å². The van der Waals surface area contributed by atoms with Gasteiger partial charge in [0.1, 0.15) is 10.1 Å². The van der Waals surface area contributed by atoms with Crippen molar-refractivity contribution in [1.29, 1.82) is 0 Å². The molecule has 1 atom stereocenters. The van der Waals surface area contributed by atoms with Crippen molar-refractivity contribution in [2.75, 3.05) is 0 Å². The third-order valence-electron chi connectivity index (χ3n) is 4.67. The van der Waals surface area contributed by atoms with Gasteiger partial charge in [-0.1, -0.05) is 70.4 Å². The fraction of sp³-hybridized carbons (Fsp3) is 0.850. The Balaban J connectivity index is 0. The van der Waals surface area contributed by atoms with E-state index in [-0.39, 0.29) is 12.6 Å². The number of hydrogen-bond donors (Lipinski definition) is 2. The number of hydrogen-bond acceptors (Lipinski definition) is 5. The summed E-state index contributed by atoms with van der Waals surface area (Å²) >= 11 is 0. The van der Waals surface area contributed by atoms with Crippen LogP contribution in [0.4, 0.5) is 0 Å². The molecule has 0 aliphatic rings. The number of rotatable bonds is 17. The first-order valence-electron chi connectivity index (χ1n) is 10.1. The van der Waals surface area contributed by atoms with Crippen molar-refractivity contribution in [3.8, 4) is 0 Å². The molecule has 6 nitrogen and oxygen atoms in total. The fourth-order valence-corrected chi connectivity index (χ4v) is 3.11. The van der Waals surface area contributed by atoms with Crippen LogP contribution in [0.15, 0.2) is 12.2 Å². The molecule has 5 N–H and O–H groups in total. The number of aliphatic hydroxyl groups is 1. The first-order valence-corrected chi connectivity index (χ1v) is 11.5. The van der Waals surface area contributed by atoms with E-state index < -0.39 is 20.8 Å². The quantitative estimate of drug-likeness (QED) is 0.194. The van der Waals surface area contributed by atoms with Crippen LogP contribution in [0.25, 0.3) is 0 Å². The molecule has 27 heavy (non-hydrogen) atoms. The Morgan fingerprint density at radius 3 is 1.74 bits per heavy atom. The van der Waals surface area contributed by atoms with E-state index in [1.165, 1.54) is 38.5 Å². The average molecular weight is 408 g/mol. The maximum absolute atomic E-state index is 11.6. The summed E-state index contributed by atoms with van der Waals surface area (Å²) in [6.45, 7) is 2.99. The van der Waals surface area contributed by atoms with Gasteiger partial charge in [-0.05, 0) is 39.0 Å². The third-order valence-corrected chi connectivity index (χ3v) is 5.87. The molecule has 0 amide bonds.